The van der Waals surface area contributed by atoms with Gasteiger partial charge in [-0.15, -0.1) is 0 Å². The van der Waals surface area contributed by atoms with Gasteiger partial charge in [0.15, 0.2) is 11.6 Å². The number of hydrogen-bond acceptors (Lipinski definition) is 4. The molecule has 0 unspecified atom stereocenters. The fraction of sp³-hybridized carbons (Fsp3) is 0.500. The lowest BCUT2D eigenvalue weighted by atomic mass is 9.93. The first-order valence-corrected chi connectivity index (χ1v) is 8.52. The van der Waals surface area contributed by atoms with Crippen LogP contribution in [0.4, 0.5) is 4.39 Å². The van der Waals surface area contributed by atoms with Crippen LogP contribution in [0.15, 0.2) is 23.1 Å². The summed E-state index contributed by atoms with van der Waals surface area (Å²) < 4.78 is 45.3. The summed E-state index contributed by atoms with van der Waals surface area (Å²) in [6, 6.07) is 3.10. The van der Waals surface area contributed by atoms with Gasteiger partial charge in [0.2, 0.25) is 15.9 Å². The molecule has 120 valence electrons. The largest absolute Gasteiger partial charge is 0.494 e. The van der Waals surface area contributed by atoms with Gasteiger partial charge in [-0.25, -0.2) is 12.8 Å². The number of carbonyl (C=O) groups is 1. The Bertz CT molecular complexity index is 707. The Labute approximate surface area is 128 Å². The molecule has 2 heterocycles. The number of nitrogens with zero attached hydrogens (tertiary/aromatic N) is 1. The van der Waals surface area contributed by atoms with Crippen molar-refractivity contribution in [1.82, 2.24) is 9.62 Å². The van der Waals surface area contributed by atoms with Crippen molar-refractivity contribution in [3.8, 4) is 5.75 Å². The molecule has 2 fully saturated rings. The second-order valence-corrected chi connectivity index (χ2v) is 7.36. The van der Waals surface area contributed by atoms with Crippen LogP contribution in [0.25, 0.3) is 0 Å². The molecule has 8 heteroatoms. The van der Waals surface area contributed by atoms with Crippen molar-refractivity contribution in [3.63, 3.8) is 0 Å². The predicted octanol–water partition coefficient (Wildman–Crippen LogP) is 0.733. The maximum atomic E-state index is 13.5. The van der Waals surface area contributed by atoms with Gasteiger partial charge in [-0.1, -0.05) is 0 Å². The van der Waals surface area contributed by atoms with E-state index in [0.29, 0.717) is 25.9 Å². The monoisotopic (exact) mass is 328 g/mol. The number of hydrogen-bond donors (Lipinski definition) is 1. The molecule has 1 aromatic rings. The Balaban J connectivity index is 1.97. The summed E-state index contributed by atoms with van der Waals surface area (Å²) in [6.07, 6.45) is 1.32. The number of benzene rings is 1. The third kappa shape index (κ3) is 2.36. The lowest BCUT2D eigenvalue weighted by Crippen LogP contribution is -2.48. The lowest BCUT2D eigenvalue weighted by Gasteiger charge is -2.34. The van der Waals surface area contributed by atoms with Crippen LogP contribution >= 0.6 is 0 Å². The van der Waals surface area contributed by atoms with Crippen LogP contribution in [0, 0.1) is 11.7 Å². The first-order valence-electron chi connectivity index (χ1n) is 7.08. The van der Waals surface area contributed by atoms with Crippen LogP contribution in [0.3, 0.4) is 0 Å². The zero-order chi connectivity index (χ0) is 15.9. The van der Waals surface area contributed by atoms with Gasteiger partial charge in [0.05, 0.1) is 24.0 Å². The van der Waals surface area contributed by atoms with E-state index >= 15 is 0 Å². The molecule has 2 aliphatic heterocycles. The molecule has 0 spiro atoms. The summed E-state index contributed by atoms with van der Waals surface area (Å²) >= 11 is 0. The Kier molecular flexibility index (Phi) is 3.82. The molecule has 2 aliphatic rings. The Morgan fingerprint density at radius 2 is 2.18 bits per heavy atom. The number of rotatable bonds is 3. The van der Waals surface area contributed by atoms with Crippen molar-refractivity contribution in [2.24, 2.45) is 5.92 Å². The lowest BCUT2D eigenvalue weighted by molar-refractivity contribution is -0.123. The van der Waals surface area contributed by atoms with E-state index in [-0.39, 0.29) is 28.5 Å². The molecule has 0 aliphatic carbocycles. The summed E-state index contributed by atoms with van der Waals surface area (Å²) in [5, 5.41) is 2.72. The summed E-state index contributed by atoms with van der Waals surface area (Å²) in [6.45, 7) is 0.680. The zero-order valence-corrected chi connectivity index (χ0v) is 12.9. The van der Waals surface area contributed by atoms with Gasteiger partial charge in [-0.2, -0.15) is 4.31 Å². The fourth-order valence-electron chi connectivity index (χ4n) is 3.15. The van der Waals surface area contributed by atoms with E-state index in [1.165, 1.54) is 23.5 Å². The average molecular weight is 328 g/mol. The minimum absolute atomic E-state index is 0.0225. The number of sulfonamides is 1. The molecule has 2 saturated heterocycles. The van der Waals surface area contributed by atoms with E-state index in [0.717, 1.165) is 6.07 Å². The summed E-state index contributed by atoms with van der Waals surface area (Å²) in [5.74, 6) is -1.13. The van der Waals surface area contributed by atoms with E-state index in [9.17, 15) is 17.6 Å². The second-order valence-electron chi connectivity index (χ2n) is 5.47. The number of fused-ring (bicyclic) bond motifs is 1. The van der Waals surface area contributed by atoms with Gasteiger partial charge in [0.25, 0.3) is 0 Å². The van der Waals surface area contributed by atoms with Gasteiger partial charge in [0, 0.05) is 19.2 Å². The molecule has 22 heavy (non-hydrogen) atoms. The molecule has 0 bridgehead atoms. The highest BCUT2D eigenvalue weighted by Gasteiger charge is 2.45. The minimum Gasteiger partial charge on any atom is -0.494 e. The number of halogens is 1. The van der Waals surface area contributed by atoms with E-state index in [1.54, 1.807) is 0 Å². The average Bonchev–Trinajstić information content (AvgIpc) is 2.89. The number of carbonyl (C=O) groups excluding carboxylic acids is 1. The third-order valence-electron chi connectivity index (χ3n) is 4.28. The van der Waals surface area contributed by atoms with Gasteiger partial charge in [0.1, 0.15) is 0 Å². The van der Waals surface area contributed by atoms with Gasteiger partial charge >= 0.3 is 0 Å². The topological polar surface area (TPSA) is 75.7 Å². The summed E-state index contributed by atoms with van der Waals surface area (Å²) in [4.78, 5) is 11.7. The van der Waals surface area contributed by atoms with E-state index in [4.69, 9.17) is 4.74 Å². The molecule has 1 aromatic carbocycles. The smallest absolute Gasteiger partial charge is 0.243 e. The van der Waals surface area contributed by atoms with Crippen LogP contribution < -0.4 is 10.1 Å². The highest BCUT2D eigenvalue weighted by molar-refractivity contribution is 7.89. The summed E-state index contributed by atoms with van der Waals surface area (Å²) in [5.41, 5.74) is 0. The molecule has 1 amide bonds. The van der Waals surface area contributed by atoms with Crippen molar-refractivity contribution in [3.05, 3.63) is 24.0 Å². The number of ether oxygens (including phenoxy) is 1. The molecular formula is C14H17FN2O4S. The van der Waals surface area contributed by atoms with Gasteiger partial charge in [-0.3, -0.25) is 4.79 Å². The molecular weight excluding hydrogens is 311 g/mol. The van der Waals surface area contributed by atoms with E-state index in [1.807, 2.05) is 0 Å². The highest BCUT2D eigenvalue weighted by Crippen LogP contribution is 2.33. The van der Waals surface area contributed by atoms with Crippen LogP contribution in [0.1, 0.15) is 12.8 Å². The Hall–Kier alpha value is -1.67. The van der Waals surface area contributed by atoms with Crippen molar-refractivity contribution in [2.45, 2.75) is 23.8 Å². The van der Waals surface area contributed by atoms with E-state index in [2.05, 4.69) is 5.32 Å². The first-order chi connectivity index (χ1) is 10.4. The van der Waals surface area contributed by atoms with Crippen LogP contribution in [0.2, 0.25) is 0 Å². The molecule has 0 radical (unpaired) electrons. The first kappa shape index (κ1) is 15.2. The summed E-state index contributed by atoms with van der Waals surface area (Å²) in [7, 11) is -2.51. The normalized spacial score (nSPS) is 25.6. The zero-order valence-electron chi connectivity index (χ0n) is 12.1. The highest BCUT2D eigenvalue weighted by atomic mass is 32.2. The SMILES string of the molecule is COc1cc(S(=O)(=O)N2CCC[C@H]3C(=O)NC[C@H]32)ccc1F. The predicted molar refractivity (Wildman–Crippen MR) is 76.4 cm³/mol. The van der Waals surface area contributed by atoms with E-state index < -0.39 is 15.8 Å². The fourth-order valence-corrected chi connectivity index (χ4v) is 4.86. The maximum Gasteiger partial charge on any atom is 0.243 e. The van der Waals surface area contributed by atoms with Gasteiger partial charge in [-0.05, 0) is 25.0 Å². The molecule has 6 nitrogen and oxygen atoms in total. The molecule has 0 saturated carbocycles. The number of piperidine rings is 1. The molecule has 3 rings (SSSR count). The Morgan fingerprint density at radius 1 is 1.41 bits per heavy atom. The van der Waals surface area contributed by atoms with Crippen LogP contribution in [0.5, 0.6) is 5.75 Å². The minimum atomic E-state index is -3.79. The maximum absolute atomic E-state index is 13.5. The van der Waals surface area contributed by atoms with Crippen molar-refractivity contribution < 1.29 is 22.3 Å². The van der Waals surface area contributed by atoms with Crippen LogP contribution in [-0.4, -0.2) is 44.9 Å². The Morgan fingerprint density at radius 3 is 2.91 bits per heavy atom. The third-order valence-corrected chi connectivity index (χ3v) is 6.20. The number of methoxy groups -OCH3 is 1. The second kappa shape index (κ2) is 5.51. The van der Waals surface area contributed by atoms with Crippen LogP contribution in [-0.2, 0) is 14.8 Å². The van der Waals surface area contributed by atoms with Gasteiger partial charge < -0.3 is 10.1 Å². The quantitative estimate of drug-likeness (QED) is 0.888. The molecule has 0 aromatic heterocycles. The standard InChI is InChI=1S/C14H17FN2O4S/c1-21-13-7-9(4-5-11(13)15)22(19,20)17-6-2-3-10-12(17)8-16-14(10)18/h4-5,7,10,12H,2-3,6,8H2,1H3,(H,16,18)/t10-,12-/m1/s1. The van der Waals surface area contributed by atoms with Crippen molar-refractivity contribution in [1.29, 1.82) is 0 Å². The molecule has 1 N–H and O–H groups in total. The molecule has 2 atom stereocenters. The van der Waals surface area contributed by atoms with Crippen molar-refractivity contribution in [2.75, 3.05) is 20.2 Å². The van der Waals surface area contributed by atoms with Crippen molar-refractivity contribution >= 4 is 15.9 Å². The number of amides is 1. The number of nitrogens with one attached hydrogen (secondary N) is 1.